The fourth-order valence-electron chi connectivity index (χ4n) is 2.34. The van der Waals surface area contributed by atoms with Gasteiger partial charge < -0.3 is 15.0 Å². The quantitative estimate of drug-likeness (QED) is 0.750. The molecule has 3 unspecified atom stereocenters. The summed E-state index contributed by atoms with van der Waals surface area (Å²) < 4.78 is 4.66. The largest absolute Gasteiger partial charge is 0.469 e. The van der Waals surface area contributed by atoms with E-state index < -0.39 is 0 Å². The fraction of sp³-hybridized carbons (Fsp3) is 0.846. The second kappa shape index (κ2) is 6.73. The van der Waals surface area contributed by atoms with Gasteiger partial charge in [-0.15, -0.1) is 0 Å². The number of hydrogen-bond acceptors (Lipinski definition) is 4. The smallest absolute Gasteiger partial charge is 0.310 e. The number of carbonyl (C=O) groups excluding carboxylic acids is 2. The monoisotopic (exact) mass is 256 g/mol. The van der Waals surface area contributed by atoms with Crippen LogP contribution in [0.15, 0.2) is 0 Å². The number of nitrogens with one attached hydrogen (secondary N) is 1. The van der Waals surface area contributed by atoms with Crippen LogP contribution >= 0.6 is 0 Å². The predicted octanol–water partition coefficient (Wildman–Crippen LogP) is 0.642. The Kier molecular flexibility index (Phi) is 5.59. The Bertz CT molecular complexity index is 307. The highest BCUT2D eigenvalue weighted by Gasteiger charge is 2.28. The zero-order valence-electron chi connectivity index (χ0n) is 11.7. The molecule has 5 heteroatoms. The molecule has 0 aromatic rings. The van der Waals surface area contributed by atoms with Crippen LogP contribution < -0.4 is 5.32 Å². The molecule has 0 aromatic carbocycles. The molecule has 0 saturated carbocycles. The lowest BCUT2D eigenvalue weighted by Crippen LogP contribution is -2.50. The zero-order chi connectivity index (χ0) is 13.7. The van der Waals surface area contributed by atoms with Gasteiger partial charge in [0.25, 0.3) is 0 Å². The first-order chi connectivity index (χ1) is 8.45. The van der Waals surface area contributed by atoms with Gasteiger partial charge in [-0.3, -0.25) is 9.59 Å². The van der Waals surface area contributed by atoms with E-state index in [2.05, 4.69) is 17.0 Å². The lowest BCUT2D eigenvalue weighted by atomic mass is 9.93. The minimum atomic E-state index is -0.287. The second-order valence-electron chi connectivity index (χ2n) is 5.28. The Labute approximate surface area is 109 Å². The Morgan fingerprint density at radius 1 is 1.50 bits per heavy atom. The number of ether oxygens (including phenoxy) is 1. The molecule has 1 fully saturated rings. The number of esters is 1. The number of piperidine rings is 1. The van der Waals surface area contributed by atoms with Crippen LogP contribution in [0.5, 0.6) is 0 Å². The number of nitrogens with zero attached hydrogens (tertiary/aromatic N) is 1. The summed E-state index contributed by atoms with van der Waals surface area (Å²) >= 11 is 0. The SMILES string of the molecule is COC(=O)C(C)CN(C)C(=O)C1CC(C)CCN1. The summed E-state index contributed by atoms with van der Waals surface area (Å²) in [6.45, 7) is 5.22. The van der Waals surface area contributed by atoms with E-state index in [-0.39, 0.29) is 23.8 Å². The van der Waals surface area contributed by atoms with Crippen molar-refractivity contribution in [3.05, 3.63) is 0 Å². The molecule has 1 saturated heterocycles. The molecule has 0 radical (unpaired) electrons. The Morgan fingerprint density at radius 3 is 2.72 bits per heavy atom. The standard InChI is InChI=1S/C13H24N2O3/c1-9-5-6-14-11(7-9)12(16)15(3)8-10(2)13(17)18-4/h9-11,14H,5-8H2,1-4H3. The number of likely N-dealkylation sites (N-methyl/N-ethyl adjacent to an activating group) is 1. The first kappa shape index (κ1) is 15.0. The Hall–Kier alpha value is -1.10. The summed E-state index contributed by atoms with van der Waals surface area (Å²) in [7, 11) is 3.10. The summed E-state index contributed by atoms with van der Waals surface area (Å²) in [4.78, 5) is 25.1. The zero-order valence-corrected chi connectivity index (χ0v) is 11.7. The Morgan fingerprint density at radius 2 is 2.17 bits per heavy atom. The van der Waals surface area contributed by atoms with E-state index in [0.29, 0.717) is 12.5 Å². The molecule has 0 aromatic heterocycles. The lowest BCUT2D eigenvalue weighted by Gasteiger charge is -2.31. The van der Waals surface area contributed by atoms with Gasteiger partial charge in [0.1, 0.15) is 0 Å². The molecule has 0 bridgehead atoms. The molecule has 104 valence electrons. The molecule has 1 N–H and O–H groups in total. The number of carbonyl (C=O) groups is 2. The number of methoxy groups -OCH3 is 1. The van der Waals surface area contributed by atoms with E-state index in [1.54, 1.807) is 18.9 Å². The molecular formula is C13H24N2O3. The van der Waals surface area contributed by atoms with Gasteiger partial charge >= 0.3 is 5.97 Å². The van der Waals surface area contributed by atoms with Crippen LogP contribution in [0.4, 0.5) is 0 Å². The van der Waals surface area contributed by atoms with Crippen LogP contribution in [0.25, 0.3) is 0 Å². The minimum Gasteiger partial charge on any atom is -0.469 e. The van der Waals surface area contributed by atoms with E-state index in [1.165, 1.54) is 7.11 Å². The van der Waals surface area contributed by atoms with Gasteiger partial charge in [-0.25, -0.2) is 0 Å². The van der Waals surface area contributed by atoms with Crippen molar-refractivity contribution >= 4 is 11.9 Å². The summed E-state index contributed by atoms with van der Waals surface area (Å²) in [5.74, 6) is 0.0773. The topological polar surface area (TPSA) is 58.6 Å². The maximum atomic E-state index is 12.2. The van der Waals surface area contributed by atoms with E-state index in [4.69, 9.17) is 0 Å². The van der Waals surface area contributed by atoms with Gasteiger partial charge in [0, 0.05) is 13.6 Å². The molecule has 1 aliphatic heterocycles. The average molecular weight is 256 g/mol. The third-order valence-electron chi connectivity index (χ3n) is 3.49. The molecule has 0 aliphatic carbocycles. The lowest BCUT2D eigenvalue weighted by molar-refractivity contribution is -0.146. The van der Waals surface area contributed by atoms with Crippen molar-refractivity contribution in [3.8, 4) is 0 Å². The molecule has 1 rings (SSSR count). The second-order valence-corrected chi connectivity index (χ2v) is 5.28. The molecule has 18 heavy (non-hydrogen) atoms. The average Bonchev–Trinajstić information content (AvgIpc) is 2.36. The van der Waals surface area contributed by atoms with Crippen molar-refractivity contribution in [1.29, 1.82) is 0 Å². The number of rotatable bonds is 4. The van der Waals surface area contributed by atoms with Crippen LogP contribution in [-0.2, 0) is 14.3 Å². The molecule has 3 atom stereocenters. The molecule has 0 spiro atoms. The summed E-state index contributed by atoms with van der Waals surface area (Å²) in [6, 6.07) is -0.108. The van der Waals surface area contributed by atoms with Gasteiger partial charge in [0.05, 0.1) is 19.1 Å². The molecular weight excluding hydrogens is 232 g/mol. The summed E-state index contributed by atoms with van der Waals surface area (Å²) in [6.07, 6.45) is 1.99. The first-order valence-corrected chi connectivity index (χ1v) is 6.51. The highest BCUT2D eigenvalue weighted by atomic mass is 16.5. The van der Waals surface area contributed by atoms with Crippen molar-refractivity contribution in [2.45, 2.75) is 32.7 Å². The normalized spacial score (nSPS) is 25.3. The van der Waals surface area contributed by atoms with Gasteiger partial charge in [0.15, 0.2) is 0 Å². The third-order valence-corrected chi connectivity index (χ3v) is 3.49. The Balaban J connectivity index is 2.47. The number of hydrogen-bond donors (Lipinski definition) is 1. The van der Waals surface area contributed by atoms with E-state index in [9.17, 15) is 9.59 Å². The highest BCUT2D eigenvalue weighted by Crippen LogP contribution is 2.16. The van der Waals surface area contributed by atoms with Crippen molar-refractivity contribution in [1.82, 2.24) is 10.2 Å². The molecule has 5 nitrogen and oxygen atoms in total. The highest BCUT2D eigenvalue weighted by molar-refractivity contribution is 5.82. The van der Waals surface area contributed by atoms with Gasteiger partial charge in [-0.1, -0.05) is 13.8 Å². The van der Waals surface area contributed by atoms with Gasteiger partial charge in [-0.2, -0.15) is 0 Å². The predicted molar refractivity (Wildman–Crippen MR) is 69.0 cm³/mol. The van der Waals surface area contributed by atoms with Crippen LogP contribution in [0.2, 0.25) is 0 Å². The van der Waals surface area contributed by atoms with Crippen molar-refractivity contribution in [2.75, 3.05) is 27.2 Å². The maximum absolute atomic E-state index is 12.2. The minimum absolute atomic E-state index is 0.0669. The van der Waals surface area contributed by atoms with Crippen LogP contribution in [0.3, 0.4) is 0 Å². The van der Waals surface area contributed by atoms with Crippen molar-refractivity contribution in [2.24, 2.45) is 11.8 Å². The van der Waals surface area contributed by atoms with E-state index >= 15 is 0 Å². The number of amides is 1. The fourth-order valence-corrected chi connectivity index (χ4v) is 2.34. The van der Waals surface area contributed by atoms with Gasteiger partial charge in [0.2, 0.25) is 5.91 Å². The van der Waals surface area contributed by atoms with E-state index in [0.717, 1.165) is 19.4 Å². The summed E-state index contributed by atoms with van der Waals surface area (Å²) in [5, 5.41) is 3.24. The first-order valence-electron chi connectivity index (χ1n) is 6.51. The third kappa shape index (κ3) is 3.98. The van der Waals surface area contributed by atoms with Crippen LogP contribution in [-0.4, -0.2) is 50.1 Å². The van der Waals surface area contributed by atoms with Crippen molar-refractivity contribution in [3.63, 3.8) is 0 Å². The van der Waals surface area contributed by atoms with Crippen LogP contribution in [0.1, 0.15) is 26.7 Å². The van der Waals surface area contributed by atoms with Crippen molar-refractivity contribution < 1.29 is 14.3 Å². The van der Waals surface area contributed by atoms with Crippen LogP contribution in [0, 0.1) is 11.8 Å². The molecule has 1 heterocycles. The molecule has 1 amide bonds. The maximum Gasteiger partial charge on any atom is 0.310 e. The summed E-state index contributed by atoms with van der Waals surface area (Å²) in [5.41, 5.74) is 0. The molecule has 1 aliphatic rings. The van der Waals surface area contributed by atoms with E-state index in [1.807, 2.05) is 0 Å². The van der Waals surface area contributed by atoms with Gasteiger partial charge in [-0.05, 0) is 25.3 Å².